The second-order valence-electron chi connectivity index (χ2n) is 5.72. The second-order valence-corrected chi connectivity index (χ2v) is 6.16. The molecule has 2 heterocycles. The fourth-order valence-corrected chi connectivity index (χ4v) is 2.72. The van der Waals surface area contributed by atoms with Gasteiger partial charge in [-0.15, -0.1) is 0 Å². The van der Waals surface area contributed by atoms with Crippen LogP contribution in [0.5, 0.6) is 0 Å². The smallest absolute Gasteiger partial charge is 0.303 e. The van der Waals surface area contributed by atoms with Crippen molar-refractivity contribution in [3.05, 3.63) is 47.6 Å². The molecule has 3 rings (SSSR count). The highest BCUT2D eigenvalue weighted by molar-refractivity contribution is 6.30. The Kier molecular flexibility index (Phi) is 5.48. The SMILES string of the molecule is O=C(O)CCCNC(=O)Cn1c(-c2ccc(Cl)cc2)nc2cccnc21. The van der Waals surface area contributed by atoms with E-state index in [2.05, 4.69) is 15.3 Å². The van der Waals surface area contributed by atoms with Gasteiger partial charge in [-0.3, -0.25) is 14.2 Å². The summed E-state index contributed by atoms with van der Waals surface area (Å²) >= 11 is 5.95. The highest BCUT2D eigenvalue weighted by Gasteiger charge is 2.16. The molecule has 0 aliphatic heterocycles. The standard InChI is InChI=1S/C18H17ClN4O3/c19-13-7-5-12(6-8-13)17-22-14-3-1-10-21-18(14)23(17)11-15(24)20-9-2-4-16(25)26/h1,3,5-8,10H,2,4,9,11H2,(H,20,24)(H,25,26). The molecule has 0 bridgehead atoms. The number of halogens is 1. The summed E-state index contributed by atoms with van der Waals surface area (Å²) < 4.78 is 1.74. The molecule has 1 amide bonds. The van der Waals surface area contributed by atoms with Gasteiger partial charge in [-0.2, -0.15) is 0 Å². The lowest BCUT2D eigenvalue weighted by Gasteiger charge is -2.09. The minimum Gasteiger partial charge on any atom is -0.481 e. The first-order valence-corrected chi connectivity index (χ1v) is 8.48. The maximum absolute atomic E-state index is 12.3. The van der Waals surface area contributed by atoms with Gasteiger partial charge in [-0.1, -0.05) is 11.6 Å². The summed E-state index contributed by atoms with van der Waals surface area (Å²) in [7, 11) is 0. The van der Waals surface area contributed by atoms with E-state index < -0.39 is 5.97 Å². The molecule has 0 spiro atoms. The highest BCUT2D eigenvalue weighted by Crippen LogP contribution is 2.24. The van der Waals surface area contributed by atoms with Gasteiger partial charge in [-0.05, 0) is 42.8 Å². The van der Waals surface area contributed by atoms with Gasteiger partial charge in [0, 0.05) is 29.7 Å². The molecule has 1 aromatic carbocycles. The van der Waals surface area contributed by atoms with Crippen LogP contribution < -0.4 is 5.32 Å². The molecule has 0 radical (unpaired) electrons. The molecular formula is C18H17ClN4O3. The molecule has 7 nitrogen and oxygen atoms in total. The predicted molar refractivity (Wildman–Crippen MR) is 97.9 cm³/mol. The molecule has 2 aromatic heterocycles. The number of imidazole rings is 1. The Balaban J connectivity index is 1.84. The number of pyridine rings is 1. The van der Waals surface area contributed by atoms with Gasteiger partial charge < -0.3 is 10.4 Å². The van der Waals surface area contributed by atoms with Crippen LogP contribution in [0.25, 0.3) is 22.6 Å². The summed E-state index contributed by atoms with van der Waals surface area (Å²) in [6.45, 7) is 0.347. The topological polar surface area (TPSA) is 97.1 Å². The number of nitrogens with zero attached hydrogens (tertiary/aromatic N) is 3. The zero-order valence-corrected chi connectivity index (χ0v) is 14.6. The van der Waals surface area contributed by atoms with Gasteiger partial charge in [0.25, 0.3) is 0 Å². The first kappa shape index (κ1) is 17.9. The van der Waals surface area contributed by atoms with E-state index >= 15 is 0 Å². The summed E-state index contributed by atoms with van der Waals surface area (Å²) in [5.74, 6) is -0.485. The minimum atomic E-state index is -0.880. The van der Waals surface area contributed by atoms with Gasteiger partial charge >= 0.3 is 5.97 Å². The molecule has 26 heavy (non-hydrogen) atoms. The maximum Gasteiger partial charge on any atom is 0.303 e. The Morgan fingerprint density at radius 1 is 1.19 bits per heavy atom. The zero-order valence-electron chi connectivity index (χ0n) is 13.9. The molecule has 8 heteroatoms. The van der Waals surface area contributed by atoms with Crippen LogP contribution in [0, 0.1) is 0 Å². The first-order chi connectivity index (χ1) is 12.5. The van der Waals surface area contributed by atoms with E-state index in [1.165, 1.54) is 0 Å². The van der Waals surface area contributed by atoms with Gasteiger partial charge in [0.2, 0.25) is 5.91 Å². The Morgan fingerprint density at radius 2 is 1.96 bits per heavy atom. The molecular weight excluding hydrogens is 356 g/mol. The fourth-order valence-electron chi connectivity index (χ4n) is 2.59. The Labute approximate surface area is 154 Å². The number of aliphatic carboxylic acids is 1. The van der Waals surface area contributed by atoms with Crippen molar-refractivity contribution in [2.75, 3.05) is 6.54 Å². The molecule has 3 aromatic rings. The van der Waals surface area contributed by atoms with Crippen LogP contribution in [0.4, 0.5) is 0 Å². The number of benzene rings is 1. The Hall–Kier alpha value is -2.93. The van der Waals surface area contributed by atoms with Crippen LogP contribution in [-0.4, -0.2) is 38.1 Å². The fraction of sp³-hybridized carbons (Fsp3) is 0.222. The lowest BCUT2D eigenvalue weighted by Crippen LogP contribution is -2.29. The summed E-state index contributed by atoms with van der Waals surface area (Å²) in [6, 6.07) is 10.8. The highest BCUT2D eigenvalue weighted by atomic mass is 35.5. The van der Waals surface area contributed by atoms with Gasteiger partial charge in [-0.25, -0.2) is 9.97 Å². The van der Waals surface area contributed by atoms with Crippen molar-refractivity contribution < 1.29 is 14.7 Å². The molecule has 134 valence electrons. The van der Waals surface area contributed by atoms with Crippen LogP contribution >= 0.6 is 11.6 Å². The number of carbonyl (C=O) groups excluding carboxylic acids is 1. The number of carboxylic acid groups (broad SMARTS) is 1. The summed E-state index contributed by atoms with van der Waals surface area (Å²) in [4.78, 5) is 31.7. The van der Waals surface area contributed by atoms with E-state index in [0.717, 1.165) is 5.56 Å². The Bertz CT molecular complexity index is 937. The van der Waals surface area contributed by atoms with Crippen LogP contribution in [0.2, 0.25) is 5.02 Å². The van der Waals surface area contributed by atoms with E-state index in [1.54, 1.807) is 29.0 Å². The van der Waals surface area contributed by atoms with Gasteiger partial charge in [0.15, 0.2) is 5.65 Å². The maximum atomic E-state index is 12.3. The number of nitrogens with one attached hydrogen (secondary N) is 1. The number of carbonyl (C=O) groups is 2. The molecule has 0 saturated carbocycles. The van der Waals surface area contributed by atoms with Crippen molar-refractivity contribution in [3.63, 3.8) is 0 Å². The summed E-state index contributed by atoms with van der Waals surface area (Å²) in [5, 5.41) is 12.0. The van der Waals surface area contributed by atoms with E-state index in [0.29, 0.717) is 35.0 Å². The van der Waals surface area contributed by atoms with Crippen molar-refractivity contribution in [2.45, 2.75) is 19.4 Å². The summed E-state index contributed by atoms with van der Waals surface area (Å²) in [6.07, 6.45) is 2.05. The number of hydrogen-bond donors (Lipinski definition) is 2. The molecule has 0 unspecified atom stereocenters. The van der Waals surface area contributed by atoms with Gasteiger partial charge in [0.05, 0.1) is 0 Å². The summed E-state index contributed by atoms with van der Waals surface area (Å²) in [5.41, 5.74) is 2.13. The third-order valence-corrected chi connectivity index (χ3v) is 4.05. The van der Waals surface area contributed by atoms with Crippen molar-refractivity contribution in [3.8, 4) is 11.4 Å². The molecule has 0 aliphatic carbocycles. The number of rotatable bonds is 7. The molecule has 2 N–H and O–H groups in total. The average molecular weight is 373 g/mol. The van der Waals surface area contributed by atoms with Crippen LogP contribution in [-0.2, 0) is 16.1 Å². The number of hydrogen-bond acceptors (Lipinski definition) is 4. The molecule has 0 atom stereocenters. The molecule has 0 aliphatic rings. The van der Waals surface area contributed by atoms with E-state index in [9.17, 15) is 9.59 Å². The molecule has 0 fully saturated rings. The van der Waals surface area contributed by atoms with Gasteiger partial charge in [0.1, 0.15) is 17.9 Å². The number of fused-ring (bicyclic) bond motifs is 1. The van der Waals surface area contributed by atoms with Crippen molar-refractivity contribution in [2.24, 2.45) is 0 Å². The van der Waals surface area contributed by atoms with Crippen molar-refractivity contribution in [1.82, 2.24) is 19.9 Å². The average Bonchev–Trinajstić information content (AvgIpc) is 2.98. The first-order valence-electron chi connectivity index (χ1n) is 8.10. The normalized spacial score (nSPS) is 10.8. The zero-order chi connectivity index (χ0) is 18.5. The minimum absolute atomic E-state index is 0.0197. The Morgan fingerprint density at radius 3 is 2.69 bits per heavy atom. The number of aromatic nitrogens is 3. The third kappa shape index (κ3) is 4.18. The van der Waals surface area contributed by atoms with E-state index in [4.69, 9.17) is 16.7 Å². The second kappa shape index (κ2) is 7.97. The third-order valence-electron chi connectivity index (χ3n) is 3.80. The number of carboxylic acids is 1. The lowest BCUT2D eigenvalue weighted by molar-refractivity contribution is -0.137. The van der Waals surface area contributed by atoms with Crippen molar-refractivity contribution >= 4 is 34.6 Å². The van der Waals surface area contributed by atoms with Crippen molar-refractivity contribution in [1.29, 1.82) is 0 Å². The lowest BCUT2D eigenvalue weighted by atomic mass is 10.2. The van der Waals surface area contributed by atoms with E-state index in [1.807, 2.05) is 18.2 Å². The monoisotopic (exact) mass is 372 g/mol. The number of amides is 1. The largest absolute Gasteiger partial charge is 0.481 e. The van der Waals surface area contributed by atoms with Crippen LogP contribution in [0.3, 0.4) is 0 Å². The quantitative estimate of drug-likeness (QED) is 0.621. The molecule has 0 saturated heterocycles. The van der Waals surface area contributed by atoms with Crippen LogP contribution in [0.1, 0.15) is 12.8 Å². The van der Waals surface area contributed by atoms with Crippen LogP contribution in [0.15, 0.2) is 42.6 Å². The predicted octanol–water partition coefficient (Wildman–Crippen LogP) is 2.73. The van der Waals surface area contributed by atoms with E-state index in [-0.39, 0.29) is 18.9 Å².